The summed E-state index contributed by atoms with van der Waals surface area (Å²) in [5.41, 5.74) is 3.71. The third-order valence-corrected chi connectivity index (χ3v) is 4.18. The molecule has 0 aliphatic carbocycles. The molecule has 0 aliphatic heterocycles. The second kappa shape index (κ2) is 5.88. The van der Waals surface area contributed by atoms with E-state index in [2.05, 4.69) is 37.2 Å². The van der Waals surface area contributed by atoms with Crippen LogP contribution in [0, 0.1) is 13.8 Å². The molecule has 0 heterocycles. The number of rotatable bonds is 2. The van der Waals surface area contributed by atoms with Crippen LogP contribution in [0.15, 0.2) is 45.3 Å². The average Bonchev–Trinajstić information content (AvgIpc) is 2.34. The van der Waals surface area contributed by atoms with Gasteiger partial charge in [0.05, 0.1) is 5.56 Å². The zero-order valence-corrected chi connectivity index (χ0v) is 13.8. The minimum atomic E-state index is -0.118. The summed E-state index contributed by atoms with van der Waals surface area (Å²) in [5.74, 6) is -0.118. The molecule has 0 unspecified atom stereocenters. The van der Waals surface area contributed by atoms with Gasteiger partial charge in [-0.1, -0.05) is 28.1 Å². The smallest absolute Gasteiger partial charge is 0.256 e. The largest absolute Gasteiger partial charge is 0.322 e. The molecular formula is C15H13Br2NO. The van der Waals surface area contributed by atoms with Crippen molar-refractivity contribution >= 4 is 43.5 Å². The molecule has 0 radical (unpaired) electrons. The van der Waals surface area contributed by atoms with Crippen LogP contribution in [0.25, 0.3) is 0 Å². The van der Waals surface area contributed by atoms with Gasteiger partial charge in [-0.05, 0) is 65.2 Å². The molecule has 1 amide bonds. The second-order valence-corrected chi connectivity index (χ2v) is 6.10. The van der Waals surface area contributed by atoms with Crippen molar-refractivity contribution < 1.29 is 4.79 Å². The monoisotopic (exact) mass is 381 g/mol. The fourth-order valence-corrected chi connectivity index (χ4v) is 2.98. The summed E-state index contributed by atoms with van der Waals surface area (Å²) in [6.07, 6.45) is 0. The predicted octanol–water partition coefficient (Wildman–Crippen LogP) is 5.08. The van der Waals surface area contributed by atoms with E-state index < -0.39 is 0 Å². The van der Waals surface area contributed by atoms with Crippen LogP contribution >= 0.6 is 31.9 Å². The molecule has 98 valence electrons. The first-order chi connectivity index (χ1) is 8.99. The number of benzene rings is 2. The summed E-state index contributed by atoms with van der Waals surface area (Å²) in [6.45, 7) is 4.03. The predicted molar refractivity (Wildman–Crippen MR) is 85.7 cm³/mol. The molecule has 0 saturated heterocycles. The van der Waals surface area contributed by atoms with Gasteiger partial charge in [-0.15, -0.1) is 0 Å². The van der Waals surface area contributed by atoms with E-state index in [1.54, 1.807) is 6.07 Å². The standard InChI is InChI=1S/C15H13Br2NO/c1-9-4-3-5-14(10(9)2)18-15(19)12-7-6-11(16)8-13(12)17/h3-8H,1-2H3,(H,18,19). The van der Waals surface area contributed by atoms with Crippen LogP contribution in [0.2, 0.25) is 0 Å². The van der Waals surface area contributed by atoms with Gasteiger partial charge in [0, 0.05) is 14.6 Å². The number of anilines is 1. The van der Waals surface area contributed by atoms with E-state index in [0.29, 0.717) is 5.56 Å². The second-order valence-electron chi connectivity index (χ2n) is 4.33. The van der Waals surface area contributed by atoms with E-state index in [4.69, 9.17) is 0 Å². The molecule has 2 aromatic rings. The van der Waals surface area contributed by atoms with Crippen LogP contribution in [-0.2, 0) is 0 Å². The van der Waals surface area contributed by atoms with Gasteiger partial charge in [0.1, 0.15) is 0 Å². The van der Waals surface area contributed by atoms with Crippen LogP contribution in [0.4, 0.5) is 5.69 Å². The first kappa shape index (κ1) is 14.3. The highest BCUT2D eigenvalue weighted by atomic mass is 79.9. The van der Waals surface area contributed by atoms with Crippen molar-refractivity contribution in [2.75, 3.05) is 5.32 Å². The Morgan fingerprint density at radius 3 is 2.53 bits per heavy atom. The number of halogens is 2. The molecule has 0 fully saturated rings. The molecule has 1 N–H and O–H groups in total. The normalized spacial score (nSPS) is 10.3. The molecule has 0 aromatic heterocycles. The summed E-state index contributed by atoms with van der Waals surface area (Å²) in [4.78, 5) is 12.3. The first-order valence-electron chi connectivity index (χ1n) is 5.81. The van der Waals surface area contributed by atoms with Gasteiger partial charge in [0.15, 0.2) is 0 Å². The van der Waals surface area contributed by atoms with Crippen molar-refractivity contribution in [3.63, 3.8) is 0 Å². The van der Waals surface area contributed by atoms with E-state index in [1.807, 2.05) is 44.2 Å². The maximum atomic E-state index is 12.3. The fourth-order valence-electron chi connectivity index (χ4n) is 1.75. The third kappa shape index (κ3) is 3.25. The molecule has 0 atom stereocenters. The van der Waals surface area contributed by atoms with Crippen LogP contribution in [0.1, 0.15) is 21.5 Å². The van der Waals surface area contributed by atoms with Crippen molar-refractivity contribution in [1.82, 2.24) is 0 Å². The Balaban J connectivity index is 2.28. The highest BCUT2D eigenvalue weighted by Gasteiger charge is 2.11. The zero-order valence-electron chi connectivity index (χ0n) is 10.6. The van der Waals surface area contributed by atoms with Gasteiger partial charge in [-0.25, -0.2) is 0 Å². The molecular weight excluding hydrogens is 370 g/mol. The van der Waals surface area contributed by atoms with Gasteiger partial charge in [-0.3, -0.25) is 4.79 Å². The Labute approximate surface area is 129 Å². The van der Waals surface area contributed by atoms with E-state index >= 15 is 0 Å². The summed E-state index contributed by atoms with van der Waals surface area (Å²) in [6, 6.07) is 11.4. The van der Waals surface area contributed by atoms with Gasteiger partial charge < -0.3 is 5.32 Å². The van der Waals surface area contributed by atoms with Crippen LogP contribution in [0.5, 0.6) is 0 Å². The van der Waals surface area contributed by atoms with E-state index in [-0.39, 0.29) is 5.91 Å². The molecule has 0 saturated carbocycles. The lowest BCUT2D eigenvalue weighted by Crippen LogP contribution is -2.13. The highest BCUT2D eigenvalue weighted by molar-refractivity contribution is 9.11. The molecule has 0 bridgehead atoms. The SMILES string of the molecule is Cc1cccc(NC(=O)c2ccc(Br)cc2Br)c1C. The van der Waals surface area contributed by atoms with Gasteiger partial charge in [0.2, 0.25) is 0 Å². The summed E-state index contributed by atoms with van der Waals surface area (Å²) >= 11 is 6.77. The van der Waals surface area contributed by atoms with Gasteiger partial charge in [0.25, 0.3) is 5.91 Å². The lowest BCUT2D eigenvalue weighted by molar-refractivity contribution is 0.102. The number of carbonyl (C=O) groups excluding carboxylic acids is 1. The minimum Gasteiger partial charge on any atom is -0.322 e. The Kier molecular flexibility index (Phi) is 4.42. The van der Waals surface area contributed by atoms with E-state index in [1.165, 1.54) is 0 Å². The third-order valence-electron chi connectivity index (χ3n) is 3.03. The Morgan fingerprint density at radius 2 is 1.84 bits per heavy atom. The fraction of sp³-hybridized carbons (Fsp3) is 0.133. The number of amides is 1. The van der Waals surface area contributed by atoms with E-state index in [0.717, 1.165) is 25.8 Å². The summed E-state index contributed by atoms with van der Waals surface area (Å²) in [5, 5.41) is 2.94. The van der Waals surface area contributed by atoms with Gasteiger partial charge in [-0.2, -0.15) is 0 Å². The number of hydrogen-bond acceptors (Lipinski definition) is 1. The number of hydrogen-bond donors (Lipinski definition) is 1. The van der Waals surface area contributed by atoms with Crippen molar-refractivity contribution in [3.8, 4) is 0 Å². The molecule has 2 nitrogen and oxygen atoms in total. The molecule has 0 spiro atoms. The molecule has 19 heavy (non-hydrogen) atoms. The maximum absolute atomic E-state index is 12.3. The zero-order chi connectivity index (χ0) is 14.0. The Morgan fingerprint density at radius 1 is 1.11 bits per heavy atom. The van der Waals surface area contributed by atoms with Gasteiger partial charge >= 0.3 is 0 Å². The minimum absolute atomic E-state index is 0.118. The lowest BCUT2D eigenvalue weighted by Gasteiger charge is -2.11. The Hall–Kier alpha value is -1.13. The summed E-state index contributed by atoms with van der Waals surface area (Å²) < 4.78 is 1.70. The number of aryl methyl sites for hydroxylation is 1. The van der Waals surface area contributed by atoms with Crippen molar-refractivity contribution in [2.24, 2.45) is 0 Å². The molecule has 2 aromatic carbocycles. The first-order valence-corrected chi connectivity index (χ1v) is 7.40. The van der Waals surface area contributed by atoms with Crippen molar-refractivity contribution in [3.05, 3.63) is 62.0 Å². The van der Waals surface area contributed by atoms with Crippen molar-refractivity contribution in [2.45, 2.75) is 13.8 Å². The quantitative estimate of drug-likeness (QED) is 0.770. The lowest BCUT2D eigenvalue weighted by atomic mass is 10.1. The topological polar surface area (TPSA) is 29.1 Å². The molecule has 2 rings (SSSR count). The van der Waals surface area contributed by atoms with Crippen LogP contribution in [0.3, 0.4) is 0 Å². The number of carbonyl (C=O) groups is 1. The highest BCUT2D eigenvalue weighted by Crippen LogP contribution is 2.24. The number of nitrogens with one attached hydrogen (secondary N) is 1. The van der Waals surface area contributed by atoms with E-state index in [9.17, 15) is 4.79 Å². The maximum Gasteiger partial charge on any atom is 0.256 e. The van der Waals surface area contributed by atoms with Crippen LogP contribution in [-0.4, -0.2) is 5.91 Å². The summed E-state index contributed by atoms with van der Waals surface area (Å²) in [7, 11) is 0. The Bertz CT molecular complexity index is 638. The average molecular weight is 383 g/mol. The van der Waals surface area contributed by atoms with Crippen molar-refractivity contribution in [1.29, 1.82) is 0 Å². The molecule has 0 aliphatic rings. The van der Waals surface area contributed by atoms with Crippen LogP contribution < -0.4 is 5.32 Å². The molecule has 4 heteroatoms.